The van der Waals surface area contributed by atoms with Gasteiger partial charge in [0.2, 0.25) is 9.84 Å². The maximum Gasteiger partial charge on any atom is 0.348 e. The molecule has 0 amide bonds. The van der Waals surface area contributed by atoms with Gasteiger partial charge in [-0.3, -0.25) is 0 Å². The smallest absolute Gasteiger partial charge is 0.246 e. The normalized spacial score (nSPS) is 11.7. The SMILES string of the molecule is C=CS(=O)(=O)c1cc2n[nH]c(=O)n2cn1. The lowest BCUT2D eigenvalue weighted by molar-refractivity contribution is 0.600. The molecule has 0 aliphatic rings. The van der Waals surface area contributed by atoms with Crippen molar-refractivity contribution in [3.8, 4) is 0 Å². The van der Waals surface area contributed by atoms with Crippen molar-refractivity contribution in [2.75, 3.05) is 0 Å². The quantitative estimate of drug-likeness (QED) is 0.685. The van der Waals surface area contributed by atoms with E-state index in [1.807, 2.05) is 0 Å². The van der Waals surface area contributed by atoms with E-state index in [9.17, 15) is 13.2 Å². The van der Waals surface area contributed by atoms with Crippen LogP contribution in [0.15, 0.2) is 34.2 Å². The van der Waals surface area contributed by atoms with Crippen LogP contribution in [0.4, 0.5) is 0 Å². The zero-order valence-electron chi connectivity index (χ0n) is 7.41. The van der Waals surface area contributed by atoms with E-state index in [1.165, 1.54) is 6.07 Å². The van der Waals surface area contributed by atoms with Crippen LogP contribution in [-0.4, -0.2) is 28.0 Å². The van der Waals surface area contributed by atoms with Gasteiger partial charge < -0.3 is 0 Å². The highest BCUT2D eigenvalue weighted by atomic mass is 32.2. The van der Waals surface area contributed by atoms with Crippen molar-refractivity contribution in [3.63, 3.8) is 0 Å². The molecule has 0 fully saturated rings. The lowest BCUT2D eigenvalue weighted by Crippen LogP contribution is -2.10. The first kappa shape index (κ1) is 9.59. The molecule has 0 unspecified atom stereocenters. The van der Waals surface area contributed by atoms with E-state index in [1.54, 1.807) is 0 Å². The molecule has 15 heavy (non-hydrogen) atoms. The Labute approximate surface area is 84.0 Å². The van der Waals surface area contributed by atoms with Crippen molar-refractivity contribution < 1.29 is 8.42 Å². The zero-order valence-corrected chi connectivity index (χ0v) is 8.23. The average molecular weight is 226 g/mol. The highest BCUT2D eigenvalue weighted by Crippen LogP contribution is 2.08. The van der Waals surface area contributed by atoms with Crippen LogP contribution in [0.2, 0.25) is 0 Å². The fourth-order valence-electron chi connectivity index (χ4n) is 1.03. The molecule has 7 nitrogen and oxygen atoms in total. The summed E-state index contributed by atoms with van der Waals surface area (Å²) in [6.45, 7) is 3.17. The van der Waals surface area contributed by atoms with Gasteiger partial charge in [0.05, 0.1) is 0 Å². The Hall–Kier alpha value is -1.96. The monoisotopic (exact) mass is 226 g/mol. The molecule has 1 N–H and O–H groups in total. The molecule has 0 radical (unpaired) electrons. The third-order valence-electron chi connectivity index (χ3n) is 1.80. The summed E-state index contributed by atoms with van der Waals surface area (Å²) in [6.07, 6.45) is 1.09. The molecule has 0 spiro atoms. The van der Waals surface area contributed by atoms with Gasteiger partial charge in [0, 0.05) is 11.5 Å². The predicted molar refractivity (Wildman–Crippen MR) is 51.0 cm³/mol. The van der Waals surface area contributed by atoms with Crippen molar-refractivity contribution in [2.24, 2.45) is 0 Å². The maximum atomic E-state index is 11.3. The number of hydrogen-bond donors (Lipinski definition) is 1. The Kier molecular flexibility index (Phi) is 1.93. The van der Waals surface area contributed by atoms with Crippen LogP contribution >= 0.6 is 0 Å². The number of aromatic nitrogens is 4. The van der Waals surface area contributed by atoms with E-state index in [4.69, 9.17) is 0 Å². The van der Waals surface area contributed by atoms with Crippen LogP contribution in [0.1, 0.15) is 0 Å². The summed E-state index contributed by atoms with van der Waals surface area (Å²) < 4.78 is 23.8. The van der Waals surface area contributed by atoms with Gasteiger partial charge in [0.25, 0.3) is 0 Å². The summed E-state index contributed by atoms with van der Waals surface area (Å²) in [7, 11) is -3.60. The van der Waals surface area contributed by atoms with Crippen LogP contribution in [-0.2, 0) is 9.84 Å². The first-order valence-corrected chi connectivity index (χ1v) is 5.39. The third-order valence-corrected chi connectivity index (χ3v) is 3.04. The molecule has 2 aromatic rings. The van der Waals surface area contributed by atoms with Gasteiger partial charge in [-0.2, -0.15) is 5.10 Å². The summed E-state index contributed by atoms with van der Waals surface area (Å²) in [5.41, 5.74) is -0.282. The Morgan fingerprint density at radius 3 is 2.93 bits per heavy atom. The molecule has 2 heterocycles. The van der Waals surface area contributed by atoms with Gasteiger partial charge >= 0.3 is 5.69 Å². The minimum Gasteiger partial charge on any atom is -0.246 e. The second-order valence-corrected chi connectivity index (χ2v) is 4.54. The minimum absolute atomic E-state index is 0.190. The van der Waals surface area contributed by atoms with Crippen molar-refractivity contribution in [1.82, 2.24) is 19.6 Å². The molecule has 0 saturated carbocycles. The molecule has 78 valence electrons. The second-order valence-electron chi connectivity index (χ2n) is 2.70. The number of rotatable bonds is 2. The first-order valence-electron chi connectivity index (χ1n) is 3.85. The molecule has 0 bridgehead atoms. The molecule has 2 aromatic heterocycles. The standard InChI is InChI=1S/C7H6N4O3S/c1-2-15(13,14)6-3-5-9-10-7(12)11(5)4-8-6/h2-4H,1H2,(H,10,12). The Morgan fingerprint density at radius 2 is 2.27 bits per heavy atom. The third kappa shape index (κ3) is 1.44. The zero-order chi connectivity index (χ0) is 11.1. The van der Waals surface area contributed by atoms with E-state index in [2.05, 4.69) is 21.8 Å². The number of nitrogens with zero attached hydrogens (tertiary/aromatic N) is 3. The summed E-state index contributed by atoms with van der Waals surface area (Å²) in [5.74, 6) is 0. The fraction of sp³-hybridized carbons (Fsp3) is 0. The average Bonchev–Trinajstić information content (AvgIpc) is 2.60. The summed E-state index contributed by atoms with van der Waals surface area (Å²) in [4.78, 5) is 14.7. The lowest BCUT2D eigenvalue weighted by atomic mass is 10.6. The molecule has 0 aliphatic carbocycles. The van der Waals surface area contributed by atoms with Crippen molar-refractivity contribution in [2.45, 2.75) is 5.03 Å². The van der Waals surface area contributed by atoms with Crippen LogP contribution < -0.4 is 5.69 Å². The van der Waals surface area contributed by atoms with Crippen molar-refractivity contribution in [3.05, 3.63) is 34.9 Å². The summed E-state index contributed by atoms with van der Waals surface area (Å²) >= 11 is 0. The van der Waals surface area contributed by atoms with Gasteiger partial charge in [-0.25, -0.2) is 27.7 Å². The van der Waals surface area contributed by atoms with Crippen LogP contribution in [0, 0.1) is 0 Å². The molecule has 0 aromatic carbocycles. The Morgan fingerprint density at radius 1 is 1.53 bits per heavy atom. The number of fused-ring (bicyclic) bond motifs is 1. The fourth-order valence-corrected chi connectivity index (χ4v) is 1.67. The molecule has 8 heteroatoms. The molecule has 0 saturated heterocycles. The summed E-state index contributed by atoms with van der Waals surface area (Å²) in [5, 5.41) is 6.38. The molecular weight excluding hydrogens is 220 g/mol. The second kappa shape index (κ2) is 3.02. The first-order chi connectivity index (χ1) is 7.04. The van der Waals surface area contributed by atoms with Gasteiger partial charge in [-0.15, -0.1) is 0 Å². The lowest BCUT2D eigenvalue weighted by Gasteiger charge is -1.96. The number of H-pyrrole nitrogens is 1. The molecule has 2 rings (SSSR count). The number of nitrogens with one attached hydrogen (secondary N) is 1. The van der Waals surface area contributed by atoms with Crippen LogP contribution in [0.5, 0.6) is 0 Å². The number of aromatic amines is 1. The molecule has 0 atom stereocenters. The van der Waals surface area contributed by atoms with E-state index in [0.717, 1.165) is 16.1 Å². The van der Waals surface area contributed by atoms with Gasteiger partial charge in [-0.05, 0) is 0 Å². The van der Waals surface area contributed by atoms with Crippen molar-refractivity contribution in [1.29, 1.82) is 0 Å². The predicted octanol–water partition coefficient (Wildman–Crippen LogP) is -0.665. The summed E-state index contributed by atoms with van der Waals surface area (Å²) in [6, 6.07) is 1.19. The minimum atomic E-state index is -3.60. The Bertz CT molecular complexity index is 682. The van der Waals surface area contributed by atoms with E-state index >= 15 is 0 Å². The van der Waals surface area contributed by atoms with E-state index < -0.39 is 15.5 Å². The van der Waals surface area contributed by atoms with Gasteiger partial charge in [-0.1, -0.05) is 6.58 Å². The van der Waals surface area contributed by atoms with E-state index in [-0.39, 0.29) is 10.7 Å². The van der Waals surface area contributed by atoms with Gasteiger partial charge in [0.1, 0.15) is 6.33 Å². The van der Waals surface area contributed by atoms with Gasteiger partial charge in [0.15, 0.2) is 10.7 Å². The largest absolute Gasteiger partial charge is 0.348 e. The number of sulfone groups is 1. The highest BCUT2D eigenvalue weighted by molar-refractivity contribution is 7.94. The van der Waals surface area contributed by atoms with Crippen molar-refractivity contribution >= 4 is 15.5 Å². The van der Waals surface area contributed by atoms with Crippen LogP contribution in [0.25, 0.3) is 5.65 Å². The van der Waals surface area contributed by atoms with E-state index in [0.29, 0.717) is 0 Å². The topological polar surface area (TPSA) is 97.2 Å². The highest BCUT2D eigenvalue weighted by Gasteiger charge is 2.13. The Balaban J connectivity index is 2.78. The van der Waals surface area contributed by atoms with Crippen LogP contribution in [0.3, 0.4) is 0 Å². The maximum absolute atomic E-state index is 11.3. The number of hydrogen-bond acceptors (Lipinski definition) is 5. The molecule has 0 aliphatic heterocycles. The molecular formula is C7H6N4O3S.